The van der Waals surface area contributed by atoms with Crippen LogP contribution in [0, 0.1) is 0 Å². The predicted molar refractivity (Wildman–Crippen MR) is 118 cm³/mol. The minimum absolute atomic E-state index is 0.0704. The molecule has 31 heavy (non-hydrogen) atoms. The number of ether oxygens (including phenoxy) is 4. The molecule has 0 amide bonds. The molecule has 0 aliphatic carbocycles. The Balaban J connectivity index is 1.66. The van der Waals surface area contributed by atoms with E-state index in [4.69, 9.17) is 18.9 Å². The Hall–Kier alpha value is -2.83. The molecule has 0 saturated carbocycles. The van der Waals surface area contributed by atoms with Crippen molar-refractivity contribution in [2.75, 3.05) is 20.8 Å². The molecule has 0 aromatic heterocycles. The first-order valence-electron chi connectivity index (χ1n) is 10.6. The number of benzene rings is 2. The summed E-state index contributed by atoms with van der Waals surface area (Å²) in [7, 11) is 3.14. The first kappa shape index (κ1) is 22.8. The maximum absolute atomic E-state index is 13.0. The molecule has 1 N–H and O–H groups in total. The lowest BCUT2D eigenvalue weighted by Crippen LogP contribution is -2.35. The van der Waals surface area contributed by atoms with Gasteiger partial charge in [0.25, 0.3) is 0 Å². The topological polar surface area (TPSA) is 74.2 Å². The van der Waals surface area contributed by atoms with Crippen LogP contribution >= 0.6 is 0 Å². The van der Waals surface area contributed by atoms with Crippen molar-refractivity contribution < 1.29 is 28.8 Å². The zero-order valence-corrected chi connectivity index (χ0v) is 18.1. The molecule has 1 heterocycles. The number of allylic oxidation sites excluding steroid dienone is 1. The van der Waals surface area contributed by atoms with E-state index < -0.39 is 18.2 Å². The minimum Gasteiger partial charge on any atom is -0.497 e. The molecule has 0 bridgehead atoms. The van der Waals surface area contributed by atoms with E-state index in [9.17, 15) is 9.90 Å². The maximum Gasteiger partial charge on any atom is 0.342 e. The van der Waals surface area contributed by atoms with Gasteiger partial charge in [0, 0.05) is 0 Å². The summed E-state index contributed by atoms with van der Waals surface area (Å²) in [5, 5.41) is 10.7. The second-order valence-corrected chi connectivity index (χ2v) is 7.49. The van der Waals surface area contributed by atoms with Crippen LogP contribution < -0.4 is 9.47 Å². The fourth-order valence-corrected chi connectivity index (χ4v) is 3.55. The van der Waals surface area contributed by atoms with E-state index in [-0.39, 0.29) is 6.61 Å². The van der Waals surface area contributed by atoms with Crippen LogP contribution in [0.15, 0.2) is 48.5 Å². The van der Waals surface area contributed by atoms with E-state index in [0.717, 1.165) is 36.1 Å². The summed E-state index contributed by atoms with van der Waals surface area (Å²) < 4.78 is 22.0. The molecule has 2 aromatic carbocycles. The lowest BCUT2D eigenvalue weighted by Gasteiger charge is -2.24. The third kappa shape index (κ3) is 6.32. The Labute approximate surface area is 183 Å². The summed E-state index contributed by atoms with van der Waals surface area (Å²) in [6, 6.07) is 13.0. The van der Waals surface area contributed by atoms with E-state index >= 15 is 0 Å². The van der Waals surface area contributed by atoms with Crippen molar-refractivity contribution in [3.8, 4) is 11.5 Å². The molecular weight excluding hydrogens is 396 g/mol. The highest BCUT2D eigenvalue weighted by atomic mass is 16.6. The lowest BCUT2D eigenvalue weighted by atomic mass is 10.1. The maximum atomic E-state index is 13.0. The summed E-state index contributed by atoms with van der Waals surface area (Å²) >= 11 is 0. The van der Waals surface area contributed by atoms with E-state index in [0.29, 0.717) is 24.3 Å². The van der Waals surface area contributed by atoms with Crippen LogP contribution in [0.4, 0.5) is 0 Å². The zero-order chi connectivity index (χ0) is 22.1. The van der Waals surface area contributed by atoms with Crippen LogP contribution in [0.5, 0.6) is 11.5 Å². The van der Waals surface area contributed by atoms with Crippen LogP contribution in [0.25, 0.3) is 6.08 Å². The zero-order valence-electron chi connectivity index (χ0n) is 18.1. The van der Waals surface area contributed by atoms with Crippen LogP contribution in [-0.2, 0) is 16.1 Å². The van der Waals surface area contributed by atoms with E-state index in [1.165, 1.54) is 7.11 Å². The summed E-state index contributed by atoms with van der Waals surface area (Å²) in [6.45, 7) is 0.420. The highest BCUT2D eigenvalue weighted by Gasteiger charge is 2.27. The third-order valence-electron chi connectivity index (χ3n) is 5.29. The van der Waals surface area contributed by atoms with Crippen molar-refractivity contribution >= 4 is 12.0 Å². The van der Waals surface area contributed by atoms with Gasteiger partial charge in [-0.25, -0.2) is 4.79 Å². The number of methoxy groups -OCH3 is 2. The molecule has 2 atom stereocenters. The first-order chi connectivity index (χ1) is 15.1. The summed E-state index contributed by atoms with van der Waals surface area (Å²) in [6.07, 6.45) is 5.65. The molecule has 2 aromatic rings. The van der Waals surface area contributed by atoms with Gasteiger partial charge in [-0.3, -0.25) is 0 Å². The smallest absolute Gasteiger partial charge is 0.342 e. The van der Waals surface area contributed by atoms with Crippen LogP contribution in [-0.4, -0.2) is 44.1 Å². The number of hydrogen-bond acceptors (Lipinski definition) is 6. The molecule has 6 nitrogen and oxygen atoms in total. The number of rotatable bonds is 7. The Morgan fingerprint density at radius 1 is 1.10 bits per heavy atom. The SMILES string of the molecule is COc1ccc(COC[C@H](O)[C@@H]2CCCC/C=C/c3cccc(OC)c3C(=O)O2)cc1. The van der Waals surface area contributed by atoms with Crippen LogP contribution in [0.1, 0.15) is 47.2 Å². The molecule has 1 aliphatic heterocycles. The van der Waals surface area contributed by atoms with Gasteiger partial charge in [0.15, 0.2) is 0 Å². The van der Waals surface area contributed by atoms with Gasteiger partial charge in [-0.05, 0) is 55.0 Å². The Kier molecular flexibility index (Phi) is 8.50. The van der Waals surface area contributed by atoms with Crippen LogP contribution in [0.2, 0.25) is 0 Å². The Morgan fingerprint density at radius 2 is 1.90 bits per heavy atom. The fourth-order valence-electron chi connectivity index (χ4n) is 3.55. The third-order valence-corrected chi connectivity index (χ3v) is 5.29. The van der Waals surface area contributed by atoms with Crippen LogP contribution in [0.3, 0.4) is 0 Å². The lowest BCUT2D eigenvalue weighted by molar-refractivity contribution is -0.0588. The van der Waals surface area contributed by atoms with E-state index in [1.54, 1.807) is 13.2 Å². The number of carbonyl (C=O) groups is 1. The second kappa shape index (κ2) is 11.5. The first-order valence-corrected chi connectivity index (χ1v) is 10.6. The van der Waals surface area contributed by atoms with Gasteiger partial charge >= 0.3 is 5.97 Å². The van der Waals surface area contributed by atoms with Crippen molar-refractivity contribution in [3.05, 3.63) is 65.2 Å². The normalized spacial score (nSPS) is 18.8. The highest BCUT2D eigenvalue weighted by molar-refractivity contribution is 5.96. The molecule has 0 radical (unpaired) electrons. The van der Waals surface area contributed by atoms with Crippen molar-refractivity contribution in [2.24, 2.45) is 0 Å². The largest absolute Gasteiger partial charge is 0.497 e. The van der Waals surface area contributed by atoms with Crippen molar-refractivity contribution in [2.45, 2.75) is 44.5 Å². The van der Waals surface area contributed by atoms with Gasteiger partial charge in [0.1, 0.15) is 29.3 Å². The standard InChI is InChI=1S/C25H30O6/c1-28-20-14-12-18(13-15-20)16-30-17-21(26)22-10-6-4-3-5-8-19-9-7-11-23(29-2)24(19)25(27)31-22/h5,7-9,11-15,21-22,26H,3-4,6,10,16-17H2,1-2H3/b8-5+/t21-,22-/m0/s1. The molecule has 0 spiro atoms. The second-order valence-electron chi connectivity index (χ2n) is 7.49. The number of aliphatic hydroxyl groups excluding tert-OH is 1. The summed E-state index contributed by atoms with van der Waals surface area (Å²) in [5.74, 6) is 0.729. The van der Waals surface area contributed by atoms with E-state index in [2.05, 4.69) is 6.08 Å². The van der Waals surface area contributed by atoms with Crippen molar-refractivity contribution in [1.82, 2.24) is 0 Å². The monoisotopic (exact) mass is 426 g/mol. The molecular formula is C25H30O6. The Morgan fingerprint density at radius 3 is 2.65 bits per heavy atom. The minimum atomic E-state index is -0.922. The quantitative estimate of drug-likeness (QED) is 0.662. The van der Waals surface area contributed by atoms with Gasteiger partial charge in [-0.2, -0.15) is 0 Å². The predicted octanol–water partition coefficient (Wildman–Crippen LogP) is 4.39. The molecule has 166 valence electrons. The average Bonchev–Trinajstić information content (AvgIpc) is 2.83. The number of aliphatic hydroxyl groups is 1. The average molecular weight is 427 g/mol. The van der Waals surface area contributed by atoms with Gasteiger partial charge in [0.2, 0.25) is 0 Å². The summed E-state index contributed by atoms with van der Waals surface area (Å²) in [5.41, 5.74) is 2.09. The van der Waals surface area contributed by atoms with Gasteiger partial charge in [-0.15, -0.1) is 0 Å². The van der Waals surface area contributed by atoms with Gasteiger partial charge in [-0.1, -0.05) is 36.4 Å². The molecule has 3 rings (SSSR count). The molecule has 6 heteroatoms. The number of carbonyl (C=O) groups excluding carboxylic acids is 1. The van der Waals surface area contributed by atoms with Gasteiger partial charge < -0.3 is 24.1 Å². The van der Waals surface area contributed by atoms with Crippen molar-refractivity contribution in [1.29, 1.82) is 0 Å². The fraction of sp³-hybridized carbons (Fsp3) is 0.400. The number of esters is 1. The Bertz CT molecular complexity index is 874. The number of hydrogen-bond donors (Lipinski definition) is 1. The highest BCUT2D eigenvalue weighted by Crippen LogP contribution is 2.27. The number of cyclic esters (lactones) is 1. The summed E-state index contributed by atoms with van der Waals surface area (Å²) in [4.78, 5) is 13.0. The molecule has 1 aliphatic rings. The van der Waals surface area contributed by atoms with Gasteiger partial charge in [0.05, 0.1) is 27.4 Å². The van der Waals surface area contributed by atoms with Crippen molar-refractivity contribution in [3.63, 3.8) is 0 Å². The molecule has 0 saturated heterocycles. The number of fused-ring (bicyclic) bond motifs is 1. The molecule has 0 unspecified atom stereocenters. The molecule has 0 fully saturated rings. The van der Waals surface area contributed by atoms with E-state index in [1.807, 2.05) is 42.5 Å².